The van der Waals surface area contributed by atoms with Gasteiger partial charge >= 0.3 is 0 Å². The molecule has 8 rings (SSSR count). The Morgan fingerprint density at radius 3 is 1.43 bits per heavy atom. The first-order chi connectivity index (χ1) is 31.0. The Balaban J connectivity index is 0.000000195. The number of nitrogens with zero attached hydrogens (tertiary/aromatic N) is 6. The second kappa shape index (κ2) is 21.0. The van der Waals surface area contributed by atoms with E-state index in [9.17, 15) is 23.2 Å². The lowest BCUT2D eigenvalue weighted by atomic mass is 9.99. The van der Waals surface area contributed by atoms with Crippen molar-refractivity contribution in [1.29, 1.82) is 0 Å². The van der Waals surface area contributed by atoms with E-state index < -0.39 is 0 Å². The van der Waals surface area contributed by atoms with Crippen LogP contribution in [0.1, 0.15) is 40.3 Å². The highest BCUT2D eigenvalue weighted by Crippen LogP contribution is 2.30. The Labute approximate surface area is 391 Å². The van der Waals surface area contributed by atoms with Gasteiger partial charge < -0.3 is 30.7 Å². The largest absolute Gasteiger partial charge is 0.398 e. The van der Waals surface area contributed by atoms with Gasteiger partial charge in [-0.1, -0.05) is 47.5 Å². The maximum absolute atomic E-state index is 13.3. The number of likely N-dealkylation sites (N-methyl/N-ethyl adjacent to an activating group) is 2. The first kappa shape index (κ1) is 47.8. The summed E-state index contributed by atoms with van der Waals surface area (Å²) < 4.78 is 26.6. The predicted octanol–water partition coefficient (Wildman–Crippen LogP) is 7.20. The molecule has 0 aliphatic carbocycles. The summed E-state index contributed by atoms with van der Waals surface area (Å²) in [7, 11) is 4.23. The lowest BCUT2D eigenvalue weighted by molar-refractivity contribution is -0.134. The van der Waals surface area contributed by atoms with Crippen molar-refractivity contribution in [2.45, 2.75) is 58.0 Å². The van der Waals surface area contributed by atoms with Crippen molar-refractivity contribution in [1.82, 2.24) is 29.4 Å². The number of halogens is 4. The summed E-state index contributed by atoms with van der Waals surface area (Å²) >= 11 is 12.3. The van der Waals surface area contributed by atoms with Gasteiger partial charge in [0.05, 0.1) is 0 Å². The number of piperazine rings is 4. The summed E-state index contributed by atoms with van der Waals surface area (Å²) in [5.74, 6) is -0.712. The number of nitrogens with one attached hydrogen (secondary N) is 1. The minimum Gasteiger partial charge on any atom is -0.398 e. The lowest BCUT2D eigenvalue weighted by Crippen LogP contribution is -2.68. The summed E-state index contributed by atoms with van der Waals surface area (Å²) in [5, 5.41) is 3.96. The van der Waals surface area contributed by atoms with Crippen LogP contribution in [0.5, 0.6) is 0 Å². The maximum atomic E-state index is 13.3. The van der Waals surface area contributed by atoms with Crippen LogP contribution >= 0.6 is 23.2 Å². The van der Waals surface area contributed by atoms with Crippen molar-refractivity contribution in [3.05, 3.63) is 140 Å². The monoisotopic (exact) mass is 926 g/mol. The Kier molecular flexibility index (Phi) is 15.4. The van der Waals surface area contributed by atoms with Crippen LogP contribution in [0.4, 0.5) is 20.2 Å². The second-order valence-corrected chi connectivity index (χ2v) is 18.7. The third-order valence-corrected chi connectivity index (χ3v) is 13.5. The maximum Gasteiger partial charge on any atom is 0.246 e. The van der Waals surface area contributed by atoms with Crippen LogP contribution in [0.15, 0.2) is 84.9 Å². The minimum atomic E-state index is -0.233. The molecule has 0 spiro atoms. The van der Waals surface area contributed by atoms with Gasteiger partial charge in [-0.15, -0.1) is 0 Å². The van der Waals surface area contributed by atoms with Crippen LogP contribution in [-0.4, -0.2) is 138 Å². The number of rotatable bonds is 9. The fraction of sp³-hybridized carbons (Fsp3) is 0.380. The average molecular weight is 928 g/mol. The highest BCUT2D eigenvalue weighted by Gasteiger charge is 2.41. The molecule has 4 aliphatic heterocycles. The van der Waals surface area contributed by atoms with Gasteiger partial charge in [-0.05, 0) is 122 Å². The lowest BCUT2D eigenvalue weighted by Gasteiger charge is -2.52. The van der Waals surface area contributed by atoms with E-state index in [4.69, 9.17) is 28.9 Å². The van der Waals surface area contributed by atoms with Gasteiger partial charge in [0.2, 0.25) is 17.7 Å². The van der Waals surface area contributed by atoms with Crippen molar-refractivity contribution in [3.63, 3.8) is 0 Å². The van der Waals surface area contributed by atoms with E-state index in [-0.39, 0.29) is 53.5 Å². The predicted molar refractivity (Wildman–Crippen MR) is 256 cm³/mol. The van der Waals surface area contributed by atoms with Crippen LogP contribution in [0.25, 0.3) is 12.2 Å². The zero-order chi connectivity index (χ0) is 46.5. The molecule has 0 saturated carbocycles. The van der Waals surface area contributed by atoms with Crippen molar-refractivity contribution < 1.29 is 23.2 Å². The number of carbonyl (C=O) groups excluding carboxylic acids is 3. The number of anilines is 2. The number of benzene rings is 4. The third-order valence-electron chi connectivity index (χ3n) is 12.7. The molecule has 3 amide bonds. The van der Waals surface area contributed by atoms with Crippen molar-refractivity contribution in [2.24, 2.45) is 0 Å². The number of carbonyl (C=O) groups is 3. The number of hydrogen-bond donors (Lipinski definition) is 2. The van der Waals surface area contributed by atoms with E-state index in [2.05, 4.69) is 39.0 Å². The summed E-state index contributed by atoms with van der Waals surface area (Å²) in [6.07, 6.45) is 6.69. The number of aryl methyl sites for hydroxylation is 2. The molecule has 344 valence electrons. The van der Waals surface area contributed by atoms with E-state index in [0.29, 0.717) is 47.6 Å². The molecule has 4 atom stereocenters. The number of hydrogen-bond acceptors (Lipinski definition) is 8. The normalized spacial score (nSPS) is 21.7. The Morgan fingerprint density at radius 1 is 0.631 bits per heavy atom. The smallest absolute Gasteiger partial charge is 0.246 e. The molecule has 15 heteroatoms. The third kappa shape index (κ3) is 12.2. The number of nitrogen functional groups attached to an aromatic ring is 1. The van der Waals surface area contributed by atoms with E-state index in [1.807, 2.05) is 60.0 Å². The fourth-order valence-corrected chi connectivity index (χ4v) is 9.77. The standard InChI is InChI=1S/C26H30ClFN4O2.C24H28ClFN4O/c1-17-10-20(25(11-24(17)27)29-18(2)33)6-9-26(34)31-15-22-13-30(3)14-23(16-31)32(22)12-19-4-7-21(28)8-5-19;1-16-9-18(23(27)10-22(16)25)5-8-24(31)29-14-20-12-28(2)13-21(15-29)30(20)11-17-3-6-19(26)7-4-17/h4-11,22-23H,12-16H2,1-3H3,(H,29,33);3-10,20-21H,11-15,27H2,1-2H3/b9-6+;8-5+. The van der Waals surface area contributed by atoms with Crippen LogP contribution in [0.3, 0.4) is 0 Å². The van der Waals surface area contributed by atoms with Gasteiger partial charge in [0.25, 0.3) is 0 Å². The topological polar surface area (TPSA) is 109 Å². The summed E-state index contributed by atoms with van der Waals surface area (Å²) in [4.78, 5) is 51.0. The Morgan fingerprint density at radius 2 is 1.02 bits per heavy atom. The van der Waals surface area contributed by atoms with Gasteiger partial charge in [-0.25, -0.2) is 8.78 Å². The van der Waals surface area contributed by atoms with Crippen molar-refractivity contribution in [2.75, 3.05) is 77.5 Å². The van der Waals surface area contributed by atoms with E-state index in [1.165, 1.54) is 31.2 Å². The van der Waals surface area contributed by atoms with Gasteiger partial charge in [0.1, 0.15) is 11.6 Å². The zero-order valence-electron chi connectivity index (χ0n) is 37.6. The average Bonchev–Trinajstić information content (AvgIpc) is 3.24. The minimum absolute atomic E-state index is 0.00649. The first-order valence-electron chi connectivity index (χ1n) is 21.9. The molecule has 3 N–H and O–H groups in total. The highest BCUT2D eigenvalue weighted by molar-refractivity contribution is 6.32. The molecule has 4 fully saturated rings. The van der Waals surface area contributed by atoms with Crippen LogP contribution in [0.2, 0.25) is 10.0 Å². The fourth-order valence-electron chi connectivity index (χ4n) is 9.43. The van der Waals surface area contributed by atoms with Crippen LogP contribution in [-0.2, 0) is 27.5 Å². The highest BCUT2D eigenvalue weighted by atomic mass is 35.5. The number of amides is 3. The van der Waals surface area contributed by atoms with E-state index in [1.54, 1.807) is 36.4 Å². The summed E-state index contributed by atoms with van der Waals surface area (Å²) in [5.41, 5.74) is 12.7. The van der Waals surface area contributed by atoms with E-state index in [0.717, 1.165) is 72.6 Å². The molecule has 0 radical (unpaired) electrons. The molecule has 4 bridgehead atoms. The molecule has 4 unspecified atom stereocenters. The Hall–Kier alpha value is -5.15. The van der Waals surface area contributed by atoms with Gasteiger partial charge in [-0.2, -0.15) is 0 Å². The molecular weight excluding hydrogens is 870 g/mol. The van der Waals surface area contributed by atoms with Crippen molar-refractivity contribution >= 4 is 64.5 Å². The number of nitrogens with two attached hydrogens (primary N) is 1. The molecular formula is C50H58Cl2F2N8O3. The first-order valence-corrected chi connectivity index (χ1v) is 22.7. The summed E-state index contributed by atoms with van der Waals surface area (Å²) in [6.45, 7) is 12.9. The molecule has 11 nitrogen and oxygen atoms in total. The van der Waals surface area contributed by atoms with Gasteiger partial charge in [-0.3, -0.25) is 24.2 Å². The molecule has 4 aliphatic rings. The van der Waals surface area contributed by atoms with Crippen molar-refractivity contribution in [3.8, 4) is 0 Å². The molecule has 4 aromatic carbocycles. The molecule has 4 heterocycles. The van der Waals surface area contributed by atoms with Gasteiger partial charge in [0.15, 0.2) is 0 Å². The number of fused-ring (bicyclic) bond motifs is 4. The SMILES string of the molecule is CC(=O)Nc1cc(Cl)c(C)cc1/C=C/C(=O)N1CC2CN(C)CC(C1)N2Cc1ccc(F)cc1.Cc1cc(/C=C/C(=O)N2CC3CN(C)CC(C2)N3Cc2ccc(F)cc2)c(N)cc1Cl. The second-order valence-electron chi connectivity index (χ2n) is 17.9. The van der Waals surface area contributed by atoms with Gasteiger partial charge in [0, 0.05) is 130 Å². The molecule has 4 aromatic rings. The zero-order valence-corrected chi connectivity index (χ0v) is 39.1. The molecule has 0 aromatic heterocycles. The van der Waals surface area contributed by atoms with E-state index >= 15 is 0 Å². The van der Waals surface area contributed by atoms with Crippen LogP contribution < -0.4 is 11.1 Å². The molecule has 4 saturated heterocycles. The molecule has 65 heavy (non-hydrogen) atoms. The Bertz CT molecular complexity index is 2400. The van der Waals surface area contributed by atoms with Crippen LogP contribution in [0, 0.1) is 25.5 Å². The summed E-state index contributed by atoms with van der Waals surface area (Å²) in [6, 6.07) is 21.4. The quantitative estimate of drug-likeness (QED) is 0.134.